The van der Waals surface area contributed by atoms with E-state index < -0.39 is 51.3 Å². The number of anilines is 1. The van der Waals surface area contributed by atoms with Crippen molar-refractivity contribution < 1.29 is 31.5 Å². The third-order valence-corrected chi connectivity index (χ3v) is 7.02. The second-order valence-electron chi connectivity index (χ2n) is 8.04. The van der Waals surface area contributed by atoms with Gasteiger partial charge in [0.15, 0.2) is 0 Å². The lowest BCUT2D eigenvalue weighted by molar-refractivity contribution is -0.123. The zero-order valence-corrected chi connectivity index (χ0v) is 20.8. The third-order valence-electron chi connectivity index (χ3n) is 5.55. The van der Waals surface area contributed by atoms with E-state index in [4.69, 9.17) is 16.3 Å². The van der Waals surface area contributed by atoms with Gasteiger partial charge in [0, 0.05) is 24.0 Å². The van der Waals surface area contributed by atoms with Crippen LogP contribution in [0, 0.1) is 17.2 Å². The van der Waals surface area contributed by atoms with Crippen LogP contribution in [0.5, 0.6) is 0 Å². The zero-order chi connectivity index (χ0) is 26.5. The van der Waals surface area contributed by atoms with Gasteiger partial charge in [-0.15, -0.1) is 0 Å². The van der Waals surface area contributed by atoms with Gasteiger partial charge in [-0.25, -0.2) is 27.0 Å². The number of piperidine rings is 1. The van der Waals surface area contributed by atoms with Crippen molar-refractivity contribution in [1.82, 2.24) is 9.71 Å². The molecule has 1 aromatic heterocycles. The van der Waals surface area contributed by atoms with Crippen molar-refractivity contribution >= 4 is 39.3 Å². The Bertz CT molecular complexity index is 1270. The number of nitrogens with one attached hydrogen (secondary N) is 1. The van der Waals surface area contributed by atoms with Crippen LogP contribution in [-0.4, -0.2) is 45.0 Å². The summed E-state index contributed by atoms with van der Waals surface area (Å²) in [5.74, 6) is -2.73. The first-order chi connectivity index (χ1) is 17.0. The fourth-order valence-corrected chi connectivity index (χ4v) is 5.11. The lowest BCUT2D eigenvalue weighted by Crippen LogP contribution is -2.43. The number of halogens is 3. The van der Waals surface area contributed by atoms with Crippen molar-refractivity contribution in [3.05, 3.63) is 57.7 Å². The molecule has 13 heteroatoms. The predicted octanol–water partition coefficient (Wildman–Crippen LogP) is 3.58. The van der Waals surface area contributed by atoms with Crippen LogP contribution in [-0.2, 0) is 25.3 Å². The number of hydrogen-bond donors (Lipinski definition) is 1. The van der Waals surface area contributed by atoms with Gasteiger partial charge in [0.2, 0.25) is 15.9 Å². The fraction of sp³-hybridized carbons (Fsp3) is 0.391. The molecule has 1 saturated heterocycles. The maximum atomic E-state index is 13.6. The van der Waals surface area contributed by atoms with Crippen molar-refractivity contribution in [1.29, 1.82) is 5.26 Å². The average molecular weight is 541 g/mol. The van der Waals surface area contributed by atoms with E-state index in [0.717, 1.165) is 6.07 Å². The van der Waals surface area contributed by atoms with Gasteiger partial charge < -0.3 is 9.64 Å². The van der Waals surface area contributed by atoms with E-state index in [0.29, 0.717) is 10.6 Å². The number of nitriles is 1. The number of carbonyl (C=O) groups excluding carboxylic acids is 2. The molecule has 0 bridgehead atoms. The van der Waals surface area contributed by atoms with Crippen LogP contribution in [0.15, 0.2) is 30.3 Å². The predicted molar refractivity (Wildman–Crippen MR) is 127 cm³/mol. The number of benzene rings is 1. The van der Waals surface area contributed by atoms with Crippen molar-refractivity contribution in [3.8, 4) is 6.07 Å². The number of pyridine rings is 1. The molecule has 1 N–H and O–H groups in total. The highest BCUT2D eigenvalue weighted by atomic mass is 35.5. The number of carbonyl (C=O) groups is 2. The standard InChI is InChI=1S/C23H23ClF2N4O5S/c1-2-35-23(32)18-11-16(12-27)21(28-19(18)20(25)26)30-9-7-15(8-10-30)22(31)29-36(33,34)13-14-3-5-17(24)6-4-14/h3-6,11,15,20H,2,7-10,13H2,1H3,(H,29,31). The van der Waals surface area contributed by atoms with Crippen LogP contribution in [0.4, 0.5) is 14.6 Å². The van der Waals surface area contributed by atoms with E-state index in [2.05, 4.69) is 9.71 Å². The molecule has 0 spiro atoms. The second-order valence-corrected chi connectivity index (χ2v) is 10.2. The van der Waals surface area contributed by atoms with Crippen molar-refractivity contribution in [2.75, 3.05) is 24.6 Å². The number of hydrogen-bond acceptors (Lipinski definition) is 8. The van der Waals surface area contributed by atoms with E-state index >= 15 is 0 Å². The van der Waals surface area contributed by atoms with Crippen LogP contribution < -0.4 is 9.62 Å². The van der Waals surface area contributed by atoms with Crippen LogP contribution in [0.1, 0.15) is 53.4 Å². The van der Waals surface area contributed by atoms with Crippen LogP contribution in [0.3, 0.4) is 0 Å². The number of sulfonamides is 1. The summed E-state index contributed by atoms with van der Waals surface area (Å²) in [6, 6.07) is 9.09. The molecule has 1 aliphatic rings. The molecule has 192 valence electrons. The van der Waals surface area contributed by atoms with Gasteiger partial charge in [-0.05, 0) is 43.5 Å². The van der Waals surface area contributed by atoms with Gasteiger partial charge in [-0.1, -0.05) is 23.7 Å². The molecule has 1 aliphatic heterocycles. The lowest BCUT2D eigenvalue weighted by atomic mass is 9.96. The second kappa shape index (κ2) is 11.6. The van der Waals surface area contributed by atoms with E-state index in [9.17, 15) is 32.0 Å². The molecule has 1 amide bonds. The number of alkyl halides is 2. The molecule has 0 atom stereocenters. The minimum atomic E-state index is -3.94. The Morgan fingerprint density at radius 3 is 2.47 bits per heavy atom. The molecular formula is C23H23ClF2N4O5S. The molecule has 0 radical (unpaired) electrons. The van der Waals surface area contributed by atoms with E-state index in [1.165, 1.54) is 6.92 Å². The Balaban J connectivity index is 1.70. The van der Waals surface area contributed by atoms with Crippen molar-refractivity contribution in [2.24, 2.45) is 5.92 Å². The average Bonchev–Trinajstić information content (AvgIpc) is 2.84. The van der Waals surface area contributed by atoms with Crippen LogP contribution in [0.25, 0.3) is 0 Å². The lowest BCUT2D eigenvalue weighted by Gasteiger charge is -2.33. The van der Waals surface area contributed by atoms with E-state index in [-0.39, 0.29) is 43.9 Å². The van der Waals surface area contributed by atoms with E-state index in [1.54, 1.807) is 29.2 Å². The topological polar surface area (TPSA) is 129 Å². The summed E-state index contributed by atoms with van der Waals surface area (Å²) in [6.07, 6.45) is -2.66. The first-order valence-electron chi connectivity index (χ1n) is 11.0. The number of nitrogens with zero attached hydrogens (tertiary/aromatic N) is 3. The molecule has 1 fully saturated rings. The number of amides is 1. The quantitative estimate of drug-likeness (QED) is 0.503. The van der Waals surface area contributed by atoms with Crippen molar-refractivity contribution in [3.63, 3.8) is 0 Å². The Morgan fingerprint density at radius 1 is 1.28 bits per heavy atom. The normalized spacial score (nSPS) is 14.4. The monoisotopic (exact) mass is 540 g/mol. The van der Waals surface area contributed by atoms with Gasteiger partial charge in [0.05, 0.1) is 23.5 Å². The summed E-state index contributed by atoms with van der Waals surface area (Å²) < 4.78 is 58.9. The summed E-state index contributed by atoms with van der Waals surface area (Å²) in [5.41, 5.74) is -0.899. The fourth-order valence-electron chi connectivity index (χ4n) is 3.81. The molecule has 9 nitrogen and oxygen atoms in total. The molecule has 0 saturated carbocycles. The molecule has 0 unspecified atom stereocenters. The molecular weight excluding hydrogens is 518 g/mol. The highest BCUT2D eigenvalue weighted by Gasteiger charge is 2.31. The summed E-state index contributed by atoms with van der Waals surface area (Å²) in [4.78, 5) is 30.1. The Kier molecular flexibility index (Phi) is 8.81. The molecule has 3 rings (SSSR count). The highest BCUT2D eigenvalue weighted by molar-refractivity contribution is 7.89. The summed E-state index contributed by atoms with van der Waals surface area (Å²) in [5, 5.41) is 9.98. The van der Waals surface area contributed by atoms with Gasteiger partial charge in [0.1, 0.15) is 17.6 Å². The van der Waals surface area contributed by atoms with Crippen LogP contribution >= 0.6 is 11.6 Å². The van der Waals surface area contributed by atoms with Crippen LogP contribution in [0.2, 0.25) is 5.02 Å². The SMILES string of the molecule is CCOC(=O)c1cc(C#N)c(N2CCC(C(=O)NS(=O)(=O)Cc3ccc(Cl)cc3)CC2)nc1C(F)F. The molecule has 1 aromatic carbocycles. The molecule has 0 aliphatic carbocycles. The Labute approximate surface area is 212 Å². The summed E-state index contributed by atoms with van der Waals surface area (Å²) >= 11 is 5.80. The zero-order valence-electron chi connectivity index (χ0n) is 19.2. The number of rotatable bonds is 8. The molecule has 2 heterocycles. The van der Waals surface area contributed by atoms with Gasteiger partial charge in [-0.3, -0.25) is 9.52 Å². The number of aromatic nitrogens is 1. The Hall–Kier alpha value is -3.30. The Morgan fingerprint density at radius 2 is 1.92 bits per heavy atom. The molecule has 36 heavy (non-hydrogen) atoms. The first-order valence-corrected chi connectivity index (χ1v) is 13.0. The maximum Gasteiger partial charge on any atom is 0.340 e. The first kappa shape index (κ1) is 27.3. The maximum absolute atomic E-state index is 13.6. The van der Waals surface area contributed by atoms with E-state index in [1.807, 2.05) is 6.07 Å². The summed E-state index contributed by atoms with van der Waals surface area (Å²) in [7, 11) is -3.94. The van der Waals surface area contributed by atoms with Gasteiger partial charge >= 0.3 is 5.97 Å². The van der Waals surface area contributed by atoms with Crippen molar-refractivity contribution in [2.45, 2.75) is 31.9 Å². The minimum absolute atomic E-state index is 0.0316. The number of ether oxygens (including phenoxy) is 1. The molecule has 2 aromatic rings. The van der Waals surface area contributed by atoms with Gasteiger partial charge in [0.25, 0.3) is 6.43 Å². The number of esters is 1. The smallest absolute Gasteiger partial charge is 0.340 e. The minimum Gasteiger partial charge on any atom is -0.462 e. The van der Waals surface area contributed by atoms with Gasteiger partial charge in [-0.2, -0.15) is 5.26 Å². The third kappa shape index (κ3) is 6.67. The summed E-state index contributed by atoms with van der Waals surface area (Å²) in [6.45, 7) is 1.82. The highest BCUT2D eigenvalue weighted by Crippen LogP contribution is 2.30. The largest absolute Gasteiger partial charge is 0.462 e.